The summed E-state index contributed by atoms with van der Waals surface area (Å²) in [6.45, 7) is 5.62. The summed E-state index contributed by atoms with van der Waals surface area (Å²) in [5, 5.41) is 14.2. The predicted molar refractivity (Wildman–Crippen MR) is 128 cm³/mol. The van der Waals surface area contributed by atoms with E-state index in [0.717, 1.165) is 11.8 Å². The number of amides is 1. The molecule has 1 atom stereocenters. The van der Waals surface area contributed by atoms with Gasteiger partial charge in [-0.3, -0.25) is 4.79 Å². The van der Waals surface area contributed by atoms with Gasteiger partial charge in [0.15, 0.2) is 0 Å². The molecule has 0 aliphatic carbocycles. The first-order chi connectivity index (χ1) is 15.5. The standard InChI is InChI=1S/C22H24F3N7O.H2S/c1-12-15(6-5-7-17(12)22(23,24)25)10-32-11-16(29-30-32)9-26-19-8-18-20(13(2)27-19)28-21(33)14(3)31(18)4;/h5-8,11,14H,9-10H2,1-4H3,(H,26,27)(H,28,33);1H2/t14-;/m0./s1. The van der Waals surface area contributed by atoms with E-state index < -0.39 is 11.7 Å². The Bertz CT molecular complexity index is 1210. The van der Waals surface area contributed by atoms with Crippen LogP contribution in [0, 0.1) is 13.8 Å². The number of alkyl halides is 3. The van der Waals surface area contributed by atoms with Gasteiger partial charge in [0, 0.05) is 13.1 Å². The average molecular weight is 494 g/mol. The zero-order valence-corrected chi connectivity index (χ0v) is 20.2. The number of hydrogen-bond donors (Lipinski definition) is 2. The number of halogens is 3. The smallest absolute Gasteiger partial charge is 0.364 e. The summed E-state index contributed by atoms with van der Waals surface area (Å²) in [6.07, 6.45) is -2.71. The van der Waals surface area contributed by atoms with E-state index >= 15 is 0 Å². The van der Waals surface area contributed by atoms with Crippen LogP contribution in [0.1, 0.15) is 35.0 Å². The number of nitrogens with zero attached hydrogens (tertiary/aromatic N) is 5. The molecule has 0 saturated heterocycles. The van der Waals surface area contributed by atoms with E-state index in [4.69, 9.17) is 0 Å². The molecule has 1 aromatic carbocycles. The van der Waals surface area contributed by atoms with E-state index in [0.29, 0.717) is 35.0 Å². The molecule has 0 saturated carbocycles. The Hall–Kier alpha value is -3.28. The molecule has 0 bridgehead atoms. The predicted octanol–water partition coefficient (Wildman–Crippen LogP) is 3.86. The number of anilines is 3. The lowest BCUT2D eigenvalue weighted by molar-refractivity contribution is -0.138. The molecule has 4 rings (SSSR count). The first kappa shape index (κ1) is 25.3. The third-order valence-corrected chi connectivity index (χ3v) is 5.89. The minimum absolute atomic E-state index is 0. The van der Waals surface area contributed by atoms with E-state index in [-0.39, 0.29) is 37.6 Å². The second-order valence-corrected chi connectivity index (χ2v) is 8.11. The van der Waals surface area contributed by atoms with E-state index in [9.17, 15) is 18.0 Å². The first-order valence-electron chi connectivity index (χ1n) is 10.4. The van der Waals surface area contributed by atoms with Crippen molar-refractivity contribution in [3.8, 4) is 0 Å². The first-order valence-corrected chi connectivity index (χ1v) is 10.4. The van der Waals surface area contributed by atoms with Crippen LogP contribution in [0.5, 0.6) is 0 Å². The number of likely N-dealkylation sites (N-methyl/N-ethyl adjacent to an activating group) is 1. The van der Waals surface area contributed by atoms with Crippen molar-refractivity contribution in [2.45, 2.75) is 46.1 Å². The van der Waals surface area contributed by atoms with Gasteiger partial charge in [0.25, 0.3) is 0 Å². The third kappa shape index (κ3) is 4.96. The second kappa shape index (κ2) is 9.53. The molecule has 1 amide bonds. The molecule has 8 nitrogen and oxygen atoms in total. The van der Waals surface area contributed by atoms with Crippen LogP contribution in [0.3, 0.4) is 0 Å². The van der Waals surface area contributed by atoms with E-state index in [1.807, 2.05) is 31.9 Å². The molecule has 1 aliphatic heterocycles. The monoisotopic (exact) mass is 493 g/mol. The van der Waals surface area contributed by atoms with Crippen LogP contribution in [-0.2, 0) is 24.1 Å². The number of pyridine rings is 1. The van der Waals surface area contributed by atoms with E-state index in [1.54, 1.807) is 12.3 Å². The van der Waals surface area contributed by atoms with Crippen molar-refractivity contribution in [1.29, 1.82) is 0 Å². The van der Waals surface area contributed by atoms with Crippen LogP contribution in [0.25, 0.3) is 0 Å². The Morgan fingerprint density at radius 1 is 1.24 bits per heavy atom. The lowest BCUT2D eigenvalue weighted by Gasteiger charge is -2.34. The minimum Gasteiger partial charge on any atom is -0.364 e. The summed E-state index contributed by atoms with van der Waals surface area (Å²) in [5.41, 5.74) is 2.91. The number of benzene rings is 1. The highest BCUT2D eigenvalue weighted by Crippen LogP contribution is 2.35. The molecule has 3 heterocycles. The normalized spacial score (nSPS) is 15.4. The van der Waals surface area contributed by atoms with Crippen molar-refractivity contribution in [3.05, 3.63) is 58.5 Å². The third-order valence-electron chi connectivity index (χ3n) is 5.89. The number of aromatic nitrogens is 4. The van der Waals surface area contributed by atoms with Crippen LogP contribution < -0.4 is 15.5 Å². The highest BCUT2D eigenvalue weighted by atomic mass is 32.1. The second-order valence-electron chi connectivity index (χ2n) is 8.11. The summed E-state index contributed by atoms with van der Waals surface area (Å²) >= 11 is 0. The van der Waals surface area contributed by atoms with Gasteiger partial charge in [-0.15, -0.1) is 5.10 Å². The number of nitrogens with one attached hydrogen (secondary N) is 2. The van der Waals surface area contributed by atoms with Gasteiger partial charge in [0.2, 0.25) is 5.91 Å². The Morgan fingerprint density at radius 2 is 1.97 bits per heavy atom. The van der Waals surface area contributed by atoms with Crippen molar-refractivity contribution in [2.24, 2.45) is 0 Å². The van der Waals surface area contributed by atoms with Gasteiger partial charge in [0.05, 0.1) is 41.9 Å². The molecule has 34 heavy (non-hydrogen) atoms. The van der Waals surface area contributed by atoms with E-state index in [2.05, 4.69) is 25.9 Å². The van der Waals surface area contributed by atoms with Crippen molar-refractivity contribution in [1.82, 2.24) is 20.0 Å². The maximum Gasteiger partial charge on any atom is 0.416 e. The number of hydrogen-bond acceptors (Lipinski definition) is 6. The number of rotatable bonds is 5. The molecule has 0 spiro atoms. The quantitative estimate of drug-likeness (QED) is 0.561. The molecular formula is C22H26F3N7OS. The summed E-state index contributed by atoms with van der Waals surface area (Å²) in [4.78, 5) is 18.5. The average Bonchev–Trinajstić information content (AvgIpc) is 3.19. The summed E-state index contributed by atoms with van der Waals surface area (Å²) in [7, 11) is 1.85. The number of fused-ring (bicyclic) bond motifs is 1. The fourth-order valence-electron chi connectivity index (χ4n) is 3.81. The zero-order chi connectivity index (χ0) is 23.9. The van der Waals surface area contributed by atoms with Gasteiger partial charge in [-0.1, -0.05) is 17.3 Å². The van der Waals surface area contributed by atoms with Gasteiger partial charge >= 0.3 is 6.18 Å². The van der Waals surface area contributed by atoms with Crippen LogP contribution in [-0.4, -0.2) is 39.0 Å². The molecular weight excluding hydrogens is 467 g/mol. The van der Waals surface area contributed by atoms with Gasteiger partial charge in [0.1, 0.15) is 17.6 Å². The zero-order valence-electron chi connectivity index (χ0n) is 19.2. The van der Waals surface area contributed by atoms with Crippen LogP contribution in [0.4, 0.5) is 30.4 Å². The molecule has 1 aliphatic rings. The summed E-state index contributed by atoms with van der Waals surface area (Å²) in [6, 6.07) is 5.68. The molecule has 3 aromatic rings. The molecule has 0 radical (unpaired) electrons. The summed E-state index contributed by atoms with van der Waals surface area (Å²) in [5.74, 6) is 0.535. The van der Waals surface area contributed by atoms with Gasteiger partial charge in [-0.05, 0) is 38.0 Å². The maximum atomic E-state index is 13.2. The van der Waals surface area contributed by atoms with Gasteiger partial charge in [-0.2, -0.15) is 26.7 Å². The Labute approximate surface area is 202 Å². The SMILES string of the molecule is Cc1nc(NCc2cn(Cc3cccc(C(F)(F)F)c3C)nn2)cc2c1NC(=O)[C@H](C)N2C.S. The van der Waals surface area contributed by atoms with Crippen molar-refractivity contribution >= 4 is 36.6 Å². The molecule has 2 N–H and O–H groups in total. The van der Waals surface area contributed by atoms with Gasteiger partial charge < -0.3 is 15.5 Å². The number of carbonyl (C=O) groups excluding carboxylic acids is 1. The number of carbonyl (C=O) groups is 1. The minimum atomic E-state index is -4.40. The Morgan fingerprint density at radius 3 is 2.68 bits per heavy atom. The molecule has 0 unspecified atom stereocenters. The highest BCUT2D eigenvalue weighted by Gasteiger charge is 2.33. The van der Waals surface area contributed by atoms with Crippen LogP contribution in [0.2, 0.25) is 0 Å². The lowest BCUT2D eigenvalue weighted by Crippen LogP contribution is -2.44. The van der Waals surface area contributed by atoms with Crippen LogP contribution in [0.15, 0.2) is 30.5 Å². The molecule has 0 fully saturated rings. The van der Waals surface area contributed by atoms with Crippen molar-refractivity contribution in [3.63, 3.8) is 0 Å². The van der Waals surface area contributed by atoms with Crippen molar-refractivity contribution in [2.75, 3.05) is 22.6 Å². The maximum absolute atomic E-state index is 13.2. The molecule has 2 aromatic heterocycles. The van der Waals surface area contributed by atoms with Crippen molar-refractivity contribution < 1.29 is 18.0 Å². The van der Waals surface area contributed by atoms with Crippen LogP contribution >= 0.6 is 13.5 Å². The number of aryl methyl sites for hydroxylation is 1. The van der Waals surface area contributed by atoms with Gasteiger partial charge in [-0.25, -0.2) is 9.67 Å². The fraction of sp³-hybridized carbons (Fsp3) is 0.364. The Balaban J connectivity index is 0.00000324. The highest BCUT2D eigenvalue weighted by molar-refractivity contribution is 7.59. The fourth-order valence-corrected chi connectivity index (χ4v) is 3.81. The lowest BCUT2D eigenvalue weighted by atomic mass is 10.0. The molecule has 182 valence electrons. The van der Waals surface area contributed by atoms with E-state index in [1.165, 1.54) is 17.7 Å². The summed E-state index contributed by atoms with van der Waals surface area (Å²) < 4.78 is 41.0. The Kier molecular flexibility index (Phi) is 7.10. The molecule has 12 heteroatoms. The largest absolute Gasteiger partial charge is 0.416 e. The topological polar surface area (TPSA) is 88.0 Å².